The van der Waals surface area contributed by atoms with Crippen LogP contribution in [0.1, 0.15) is 50.9 Å². The zero-order valence-electron chi connectivity index (χ0n) is 15.0. The number of benzene rings is 1. The largest absolute Gasteiger partial charge is 0.352 e. The molecule has 0 aliphatic carbocycles. The average Bonchev–Trinajstić information content (AvgIpc) is 2.67. The van der Waals surface area contributed by atoms with Crippen LogP contribution in [0.3, 0.4) is 0 Å². The van der Waals surface area contributed by atoms with E-state index in [1.807, 2.05) is 0 Å². The van der Waals surface area contributed by atoms with E-state index in [0.717, 1.165) is 31.6 Å². The van der Waals surface area contributed by atoms with Gasteiger partial charge in [-0.25, -0.2) is 4.39 Å². The summed E-state index contributed by atoms with van der Waals surface area (Å²) in [6.45, 7) is 5.13. The van der Waals surface area contributed by atoms with Gasteiger partial charge >= 0.3 is 0 Å². The lowest BCUT2D eigenvalue weighted by molar-refractivity contribution is -0.220. The minimum Gasteiger partial charge on any atom is -0.352 e. The highest BCUT2D eigenvalue weighted by molar-refractivity contribution is 5.17. The van der Waals surface area contributed by atoms with E-state index < -0.39 is 6.29 Å². The van der Waals surface area contributed by atoms with Crippen molar-refractivity contribution in [2.45, 2.75) is 51.6 Å². The Morgan fingerprint density at radius 2 is 1.44 bits per heavy atom. The molecular weight excluding hydrogens is 323 g/mol. The highest BCUT2D eigenvalue weighted by Crippen LogP contribution is 2.28. The molecule has 0 spiro atoms. The molecule has 25 heavy (non-hydrogen) atoms. The number of ether oxygens (including phenoxy) is 4. The van der Waals surface area contributed by atoms with E-state index in [0.29, 0.717) is 25.0 Å². The Morgan fingerprint density at radius 1 is 0.840 bits per heavy atom. The Labute approximate surface area is 149 Å². The van der Waals surface area contributed by atoms with Crippen molar-refractivity contribution in [3.63, 3.8) is 0 Å². The van der Waals surface area contributed by atoms with Crippen LogP contribution < -0.4 is 0 Å². The average molecular weight is 352 g/mol. The Bertz CT molecular complexity index is 491. The number of halogens is 1. The Hall–Kier alpha value is -1.01. The van der Waals surface area contributed by atoms with Gasteiger partial charge in [0.2, 0.25) is 0 Å². The third-order valence-corrected chi connectivity index (χ3v) is 4.92. The van der Waals surface area contributed by atoms with E-state index >= 15 is 0 Å². The van der Waals surface area contributed by atoms with Gasteiger partial charge in [0.25, 0.3) is 0 Å². The zero-order chi connectivity index (χ0) is 17.5. The number of hydrogen-bond acceptors (Lipinski definition) is 4. The molecule has 0 N–H and O–H groups in total. The van der Waals surface area contributed by atoms with Crippen molar-refractivity contribution in [3.05, 3.63) is 35.6 Å². The predicted molar refractivity (Wildman–Crippen MR) is 92.5 cm³/mol. The second-order valence-corrected chi connectivity index (χ2v) is 7.10. The Balaban J connectivity index is 1.32. The molecule has 0 radical (unpaired) electrons. The lowest BCUT2D eigenvalue weighted by atomic mass is 10.0. The van der Waals surface area contributed by atoms with Gasteiger partial charge < -0.3 is 18.9 Å². The number of unbranched alkanes of at least 4 members (excludes halogenated alkanes) is 1. The first-order valence-corrected chi connectivity index (χ1v) is 9.46. The fourth-order valence-electron chi connectivity index (χ4n) is 3.30. The van der Waals surface area contributed by atoms with Crippen LogP contribution in [0.15, 0.2) is 24.3 Å². The molecule has 0 bridgehead atoms. The summed E-state index contributed by atoms with van der Waals surface area (Å²) < 4.78 is 36.2. The van der Waals surface area contributed by atoms with E-state index in [1.165, 1.54) is 31.4 Å². The smallest absolute Gasteiger partial charge is 0.183 e. The topological polar surface area (TPSA) is 36.9 Å². The molecule has 140 valence electrons. The standard InChI is InChI=1S/C20H29FO4/c1-2-3-4-15-11-22-19(23-12-15)10-5-16-13-24-20(25-14-16)17-6-8-18(21)9-7-17/h6-9,15-16,19-20H,2-5,10-14H2,1H3. The van der Waals surface area contributed by atoms with Crippen molar-refractivity contribution >= 4 is 0 Å². The SMILES string of the molecule is CCCCC1COC(CCC2COC(c3ccc(F)cc3)OC2)OC1. The summed E-state index contributed by atoms with van der Waals surface area (Å²) >= 11 is 0. The van der Waals surface area contributed by atoms with E-state index in [9.17, 15) is 4.39 Å². The third-order valence-electron chi connectivity index (χ3n) is 4.92. The van der Waals surface area contributed by atoms with Gasteiger partial charge in [-0.15, -0.1) is 0 Å². The van der Waals surface area contributed by atoms with Gasteiger partial charge in [0, 0.05) is 17.4 Å². The molecule has 1 aromatic carbocycles. The van der Waals surface area contributed by atoms with E-state index in [4.69, 9.17) is 18.9 Å². The van der Waals surface area contributed by atoms with Crippen LogP contribution in [0, 0.1) is 17.7 Å². The molecule has 2 aliphatic rings. The maximum Gasteiger partial charge on any atom is 0.183 e. The van der Waals surface area contributed by atoms with Crippen LogP contribution in [-0.4, -0.2) is 32.7 Å². The van der Waals surface area contributed by atoms with Crippen molar-refractivity contribution in [1.29, 1.82) is 0 Å². The zero-order valence-corrected chi connectivity index (χ0v) is 15.0. The fraction of sp³-hybridized carbons (Fsp3) is 0.700. The quantitative estimate of drug-likeness (QED) is 0.727. The monoisotopic (exact) mass is 352 g/mol. The summed E-state index contributed by atoms with van der Waals surface area (Å²) in [6.07, 6.45) is 5.01. The van der Waals surface area contributed by atoms with E-state index in [2.05, 4.69) is 6.92 Å². The first-order chi connectivity index (χ1) is 12.2. The van der Waals surface area contributed by atoms with Gasteiger partial charge in [-0.3, -0.25) is 0 Å². The molecule has 2 aliphatic heterocycles. The minimum absolute atomic E-state index is 0.0901. The molecule has 2 fully saturated rings. The van der Waals surface area contributed by atoms with Crippen molar-refractivity contribution in [2.75, 3.05) is 26.4 Å². The molecule has 0 unspecified atom stereocenters. The minimum atomic E-state index is -0.390. The molecule has 5 heteroatoms. The van der Waals surface area contributed by atoms with Gasteiger partial charge in [0.1, 0.15) is 5.82 Å². The number of rotatable bonds is 7. The summed E-state index contributed by atoms with van der Waals surface area (Å²) in [5, 5.41) is 0. The van der Waals surface area contributed by atoms with Crippen LogP contribution in [0.4, 0.5) is 4.39 Å². The molecule has 0 amide bonds. The third kappa shape index (κ3) is 5.74. The van der Waals surface area contributed by atoms with Crippen LogP contribution in [0.25, 0.3) is 0 Å². The van der Waals surface area contributed by atoms with Crippen LogP contribution in [0.2, 0.25) is 0 Å². The molecule has 0 saturated carbocycles. The summed E-state index contributed by atoms with van der Waals surface area (Å²) in [6, 6.07) is 6.28. The maximum atomic E-state index is 13.0. The normalized spacial score (nSPS) is 30.3. The van der Waals surface area contributed by atoms with E-state index in [1.54, 1.807) is 12.1 Å². The molecule has 2 heterocycles. The van der Waals surface area contributed by atoms with Gasteiger partial charge in [-0.2, -0.15) is 0 Å². The fourth-order valence-corrected chi connectivity index (χ4v) is 3.30. The van der Waals surface area contributed by atoms with Crippen LogP contribution >= 0.6 is 0 Å². The first-order valence-electron chi connectivity index (χ1n) is 9.46. The van der Waals surface area contributed by atoms with Gasteiger partial charge in [0.15, 0.2) is 12.6 Å². The number of hydrogen-bond donors (Lipinski definition) is 0. The molecule has 0 aromatic heterocycles. The molecule has 1 aromatic rings. The molecule has 2 saturated heterocycles. The first kappa shape index (κ1) is 18.8. The van der Waals surface area contributed by atoms with Crippen LogP contribution in [-0.2, 0) is 18.9 Å². The van der Waals surface area contributed by atoms with Crippen molar-refractivity contribution < 1.29 is 23.3 Å². The summed E-state index contributed by atoms with van der Waals surface area (Å²) in [4.78, 5) is 0. The van der Waals surface area contributed by atoms with Crippen LogP contribution in [0.5, 0.6) is 0 Å². The van der Waals surface area contributed by atoms with Crippen molar-refractivity contribution in [2.24, 2.45) is 11.8 Å². The summed E-state index contributed by atoms with van der Waals surface area (Å²) in [5.74, 6) is 0.651. The highest BCUT2D eigenvalue weighted by Gasteiger charge is 2.26. The second kappa shape index (κ2) is 9.62. The highest BCUT2D eigenvalue weighted by atomic mass is 19.1. The van der Waals surface area contributed by atoms with Crippen molar-refractivity contribution in [3.8, 4) is 0 Å². The van der Waals surface area contributed by atoms with Gasteiger partial charge in [-0.05, 0) is 31.4 Å². The Kier molecular flexibility index (Phi) is 7.23. The maximum absolute atomic E-state index is 13.0. The lowest BCUT2D eigenvalue weighted by Gasteiger charge is -2.32. The predicted octanol–water partition coefficient (Wildman–Crippen LogP) is 4.45. The molecule has 0 atom stereocenters. The molecule has 4 nitrogen and oxygen atoms in total. The van der Waals surface area contributed by atoms with Crippen molar-refractivity contribution in [1.82, 2.24) is 0 Å². The van der Waals surface area contributed by atoms with Gasteiger partial charge in [-0.1, -0.05) is 31.9 Å². The van der Waals surface area contributed by atoms with E-state index in [-0.39, 0.29) is 12.1 Å². The molecule has 3 rings (SSSR count). The summed E-state index contributed by atoms with van der Waals surface area (Å²) in [5.41, 5.74) is 0.858. The summed E-state index contributed by atoms with van der Waals surface area (Å²) in [7, 11) is 0. The second-order valence-electron chi connectivity index (χ2n) is 7.10. The molecular formula is C20H29FO4. The van der Waals surface area contributed by atoms with Gasteiger partial charge in [0.05, 0.1) is 26.4 Å². The lowest BCUT2D eigenvalue weighted by Crippen LogP contribution is -2.33. The Morgan fingerprint density at radius 3 is 2.08 bits per heavy atom.